The zero-order valence-electron chi connectivity index (χ0n) is 17.2. The number of hydrogen-bond donors (Lipinski definition) is 0. The maximum atomic E-state index is 12.5. The molecule has 0 saturated heterocycles. The molecule has 1 rings (SSSR count). The van der Waals surface area contributed by atoms with Gasteiger partial charge in [0.05, 0.1) is 11.0 Å². The predicted octanol–water partition coefficient (Wildman–Crippen LogP) is 6.71. The first-order chi connectivity index (χ1) is 12.4. The van der Waals surface area contributed by atoms with Crippen LogP contribution in [0.25, 0.3) is 0 Å². The summed E-state index contributed by atoms with van der Waals surface area (Å²) in [5.41, 5.74) is 2.06. The quantitative estimate of drug-likeness (QED) is 0.265. The van der Waals surface area contributed by atoms with Crippen molar-refractivity contribution >= 4 is 10.1 Å². The standard InChI is InChI=1S/C22H38O3S/c1-5-7-8-9-10-11-12-13-14-15-21(6-2)25-26(23,24)22-17-16-19(3)20(4)18-22/h16-18,21H,5-15H2,1-4H3. The van der Waals surface area contributed by atoms with Gasteiger partial charge in [0.25, 0.3) is 10.1 Å². The van der Waals surface area contributed by atoms with Crippen LogP contribution in [0.5, 0.6) is 0 Å². The van der Waals surface area contributed by atoms with Gasteiger partial charge >= 0.3 is 0 Å². The summed E-state index contributed by atoms with van der Waals surface area (Å²) in [6.07, 6.45) is 12.7. The molecule has 0 spiro atoms. The predicted molar refractivity (Wildman–Crippen MR) is 110 cm³/mol. The minimum atomic E-state index is -3.67. The van der Waals surface area contributed by atoms with Gasteiger partial charge < -0.3 is 0 Å². The average Bonchev–Trinajstić information content (AvgIpc) is 2.61. The van der Waals surface area contributed by atoms with Gasteiger partial charge in [0, 0.05) is 0 Å². The number of aryl methyl sites for hydroxylation is 2. The van der Waals surface area contributed by atoms with Gasteiger partial charge in [-0.15, -0.1) is 0 Å². The maximum Gasteiger partial charge on any atom is 0.297 e. The van der Waals surface area contributed by atoms with Crippen LogP contribution in [-0.2, 0) is 14.3 Å². The number of rotatable bonds is 14. The van der Waals surface area contributed by atoms with Gasteiger partial charge in [-0.1, -0.05) is 77.7 Å². The smallest absolute Gasteiger partial charge is 0.263 e. The summed E-state index contributed by atoms with van der Waals surface area (Å²) in [5, 5.41) is 0. The summed E-state index contributed by atoms with van der Waals surface area (Å²) in [7, 11) is -3.67. The molecule has 1 unspecified atom stereocenters. The Bertz CT molecular complexity index is 608. The maximum absolute atomic E-state index is 12.5. The molecular formula is C22H38O3S. The summed E-state index contributed by atoms with van der Waals surface area (Å²) in [4.78, 5) is 0.270. The van der Waals surface area contributed by atoms with E-state index in [-0.39, 0.29) is 11.0 Å². The molecule has 1 aromatic rings. The van der Waals surface area contributed by atoms with Crippen LogP contribution in [0.2, 0.25) is 0 Å². The lowest BCUT2D eigenvalue weighted by Gasteiger charge is -2.16. The van der Waals surface area contributed by atoms with Gasteiger partial charge in [0.1, 0.15) is 0 Å². The molecule has 4 heteroatoms. The zero-order chi connectivity index (χ0) is 19.4. The van der Waals surface area contributed by atoms with E-state index in [1.165, 1.54) is 44.9 Å². The van der Waals surface area contributed by atoms with Crippen LogP contribution in [0.15, 0.2) is 23.1 Å². The topological polar surface area (TPSA) is 43.4 Å². The Morgan fingerprint density at radius 1 is 0.846 bits per heavy atom. The van der Waals surface area contributed by atoms with Crippen molar-refractivity contribution in [3.63, 3.8) is 0 Å². The van der Waals surface area contributed by atoms with Crippen molar-refractivity contribution in [2.45, 2.75) is 109 Å². The molecule has 0 amide bonds. The Balaban J connectivity index is 2.34. The van der Waals surface area contributed by atoms with E-state index in [1.807, 2.05) is 26.8 Å². The van der Waals surface area contributed by atoms with Crippen molar-refractivity contribution in [3.05, 3.63) is 29.3 Å². The largest absolute Gasteiger partial charge is 0.297 e. The highest BCUT2D eigenvalue weighted by atomic mass is 32.2. The van der Waals surface area contributed by atoms with Gasteiger partial charge in [-0.2, -0.15) is 8.42 Å². The van der Waals surface area contributed by atoms with Crippen LogP contribution in [-0.4, -0.2) is 14.5 Å². The molecular weight excluding hydrogens is 344 g/mol. The summed E-state index contributed by atoms with van der Waals surface area (Å²) in [6.45, 7) is 8.14. The summed E-state index contributed by atoms with van der Waals surface area (Å²) in [6, 6.07) is 5.19. The van der Waals surface area contributed by atoms with E-state index < -0.39 is 10.1 Å². The molecule has 26 heavy (non-hydrogen) atoms. The lowest BCUT2D eigenvalue weighted by atomic mass is 10.0. The second kappa shape index (κ2) is 12.5. The van der Waals surface area contributed by atoms with Gasteiger partial charge in [0.2, 0.25) is 0 Å². The van der Waals surface area contributed by atoms with Gasteiger partial charge in [0.15, 0.2) is 0 Å². The Labute approximate surface area is 161 Å². The van der Waals surface area contributed by atoms with Gasteiger partial charge in [-0.25, -0.2) is 0 Å². The first kappa shape index (κ1) is 23.2. The third-order valence-corrected chi connectivity index (χ3v) is 6.47. The molecule has 0 aliphatic rings. The minimum absolute atomic E-state index is 0.217. The van der Waals surface area contributed by atoms with Crippen LogP contribution in [0.4, 0.5) is 0 Å². The fourth-order valence-electron chi connectivity index (χ4n) is 3.11. The monoisotopic (exact) mass is 382 g/mol. The van der Waals surface area contributed by atoms with Crippen molar-refractivity contribution in [2.75, 3.05) is 0 Å². The fourth-order valence-corrected chi connectivity index (χ4v) is 4.36. The molecule has 0 bridgehead atoms. The van der Waals surface area contributed by atoms with Gasteiger partial charge in [-0.05, 0) is 49.9 Å². The van der Waals surface area contributed by atoms with E-state index in [4.69, 9.17) is 4.18 Å². The fraction of sp³-hybridized carbons (Fsp3) is 0.727. The van der Waals surface area contributed by atoms with E-state index >= 15 is 0 Å². The number of unbranched alkanes of at least 4 members (excludes halogenated alkanes) is 8. The van der Waals surface area contributed by atoms with E-state index in [2.05, 4.69) is 6.92 Å². The second-order valence-corrected chi connectivity index (χ2v) is 9.02. The summed E-state index contributed by atoms with van der Waals surface area (Å²) < 4.78 is 30.5. The average molecular weight is 383 g/mol. The molecule has 1 atom stereocenters. The van der Waals surface area contributed by atoms with E-state index in [1.54, 1.807) is 12.1 Å². The van der Waals surface area contributed by atoms with E-state index in [9.17, 15) is 8.42 Å². The van der Waals surface area contributed by atoms with Crippen LogP contribution in [0.1, 0.15) is 95.6 Å². The molecule has 0 N–H and O–H groups in total. The highest BCUT2D eigenvalue weighted by Gasteiger charge is 2.21. The van der Waals surface area contributed by atoms with Crippen molar-refractivity contribution in [3.8, 4) is 0 Å². The lowest BCUT2D eigenvalue weighted by molar-refractivity contribution is 0.190. The number of benzene rings is 1. The lowest BCUT2D eigenvalue weighted by Crippen LogP contribution is -2.18. The summed E-state index contributed by atoms with van der Waals surface area (Å²) in [5.74, 6) is 0. The van der Waals surface area contributed by atoms with Crippen LogP contribution < -0.4 is 0 Å². The molecule has 0 saturated carbocycles. The SMILES string of the molecule is CCCCCCCCCCCC(CC)OS(=O)(=O)c1ccc(C)c(C)c1. The van der Waals surface area contributed by atoms with Crippen molar-refractivity contribution in [1.29, 1.82) is 0 Å². The highest BCUT2D eigenvalue weighted by Crippen LogP contribution is 2.21. The zero-order valence-corrected chi connectivity index (χ0v) is 18.0. The Morgan fingerprint density at radius 2 is 1.42 bits per heavy atom. The molecule has 150 valence electrons. The molecule has 0 fully saturated rings. The van der Waals surface area contributed by atoms with Crippen LogP contribution >= 0.6 is 0 Å². The van der Waals surface area contributed by atoms with E-state index in [0.717, 1.165) is 36.8 Å². The Morgan fingerprint density at radius 3 is 1.96 bits per heavy atom. The first-order valence-electron chi connectivity index (χ1n) is 10.4. The van der Waals surface area contributed by atoms with E-state index in [0.29, 0.717) is 0 Å². The second-order valence-electron chi connectivity index (χ2n) is 7.44. The van der Waals surface area contributed by atoms with Crippen molar-refractivity contribution in [1.82, 2.24) is 0 Å². The molecule has 0 aromatic heterocycles. The summed E-state index contributed by atoms with van der Waals surface area (Å²) >= 11 is 0. The molecule has 1 aromatic carbocycles. The Hall–Kier alpha value is -0.870. The molecule has 3 nitrogen and oxygen atoms in total. The van der Waals surface area contributed by atoms with Gasteiger partial charge in [-0.3, -0.25) is 4.18 Å². The van der Waals surface area contributed by atoms with Crippen molar-refractivity contribution in [2.24, 2.45) is 0 Å². The van der Waals surface area contributed by atoms with Crippen LogP contribution in [0, 0.1) is 13.8 Å². The third-order valence-electron chi connectivity index (χ3n) is 5.11. The third kappa shape index (κ3) is 8.68. The van der Waals surface area contributed by atoms with Crippen LogP contribution in [0.3, 0.4) is 0 Å². The number of hydrogen-bond acceptors (Lipinski definition) is 3. The molecule has 0 radical (unpaired) electrons. The molecule has 0 aliphatic heterocycles. The first-order valence-corrected chi connectivity index (χ1v) is 11.8. The normalized spacial score (nSPS) is 13.1. The Kier molecular flexibility index (Phi) is 11.1. The van der Waals surface area contributed by atoms with Crippen molar-refractivity contribution < 1.29 is 12.6 Å². The minimum Gasteiger partial charge on any atom is -0.263 e. The molecule has 0 aliphatic carbocycles. The molecule has 0 heterocycles. The highest BCUT2D eigenvalue weighted by molar-refractivity contribution is 7.86.